The lowest BCUT2D eigenvalue weighted by Gasteiger charge is -2.22. The third kappa shape index (κ3) is 2.85. The van der Waals surface area contributed by atoms with Crippen molar-refractivity contribution in [2.75, 3.05) is 13.1 Å². The summed E-state index contributed by atoms with van der Waals surface area (Å²) in [7, 11) is 0. The second kappa shape index (κ2) is 5.97. The predicted octanol–water partition coefficient (Wildman–Crippen LogP) is 1.10. The zero-order valence-corrected chi connectivity index (χ0v) is 12.8. The largest absolute Gasteiger partial charge is 0.343 e. The lowest BCUT2D eigenvalue weighted by atomic mass is 10.0. The molecular weight excluding hydrogens is 266 g/mol. The molecule has 3 heterocycles. The first-order valence-electron chi connectivity index (χ1n) is 7.79. The van der Waals surface area contributed by atoms with Crippen LogP contribution in [0.25, 0.3) is 0 Å². The third-order valence-electron chi connectivity index (χ3n) is 4.42. The summed E-state index contributed by atoms with van der Waals surface area (Å²) in [5, 5.41) is 14.8. The predicted molar refractivity (Wildman–Crippen MR) is 79.7 cm³/mol. The number of carbonyl (C=O) groups is 1. The summed E-state index contributed by atoms with van der Waals surface area (Å²) in [5.74, 6) is 1.94. The molecule has 6 nitrogen and oxygen atoms in total. The van der Waals surface area contributed by atoms with Crippen molar-refractivity contribution in [1.29, 1.82) is 0 Å². The van der Waals surface area contributed by atoms with Gasteiger partial charge in [0.05, 0.1) is 6.04 Å². The van der Waals surface area contributed by atoms with Crippen molar-refractivity contribution >= 4 is 5.91 Å². The summed E-state index contributed by atoms with van der Waals surface area (Å²) in [6.45, 7) is 6.49. The quantitative estimate of drug-likeness (QED) is 0.818. The third-order valence-corrected chi connectivity index (χ3v) is 4.42. The fraction of sp³-hybridized carbons (Fsp3) is 0.667. The van der Waals surface area contributed by atoms with E-state index in [0.29, 0.717) is 0 Å². The van der Waals surface area contributed by atoms with Gasteiger partial charge in [-0.2, -0.15) is 0 Å². The Labute approximate surface area is 125 Å². The Kier molecular flexibility index (Phi) is 4.05. The number of fused-ring (bicyclic) bond motifs is 1. The fourth-order valence-corrected chi connectivity index (χ4v) is 2.87. The minimum absolute atomic E-state index is 0.00460. The van der Waals surface area contributed by atoms with E-state index in [1.807, 2.05) is 13.8 Å². The highest BCUT2D eigenvalue weighted by Crippen LogP contribution is 2.19. The van der Waals surface area contributed by atoms with Gasteiger partial charge in [0.1, 0.15) is 5.82 Å². The van der Waals surface area contributed by atoms with Crippen molar-refractivity contribution in [3.8, 4) is 0 Å². The Hall–Kier alpha value is -1.69. The molecule has 2 N–H and O–H groups in total. The Morgan fingerprint density at radius 1 is 1.29 bits per heavy atom. The molecule has 0 aliphatic carbocycles. The van der Waals surface area contributed by atoms with E-state index in [2.05, 4.69) is 25.4 Å². The summed E-state index contributed by atoms with van der Waals surface area (Å²) in [4.78, 5) is 12.3. The standard InChI is InChI=1S/C15H23N5O/c1-10(12-8-16-9-12)15(21)17-11(2)14-19-18-13-6-4-3-5-7-20(13)14/h11,16H,3-9H2,1-2H3,(H,17,21). The van der Waals surface area contributed by atoms with Gasteiger partial charge >= 0.3 is 0 Å². The number of rotatable bonds is 3. The number of aromatic nitrogens is 3. The number of amides is 1. The first-order chi connectivity index (χ1) is 10.2. The SMILES string of the molecule is CC(C(=O)NC(C)c1nnc2n1CCCCC2)=C1CNC1. The number of hydrogen-bond donors (Lipinski definition) is 2. The summed E-state index contributed by atoms with van der Waals surface area (Å²) in [5.41, 5.74) is 2.02. The molecule has 114 valence electrons. The molecule has 1 aromatic rings. The Morgan fingerprint density at radius 2 is 2.10 bits per heavy atom. The van der Waals surface area contributed by atoms with Crippen LogP contribution < -0.4 is 10.6 Å². The van der Waals surface area contributed by atoms with Crippen molar-refractivity contribution in [3.63, 3.8) is 0 Å². The summed E-state index contributed by atoms with van der Waals surface area (Å²) < 4.78 is 2.19. The minimum atomic E-state index is -0.111. The monoisotopic (exact) mass is 289 g/mol. The number of aryl methyl sites for hydroxylation is 1. The van der Waals surface area contributed by atoms with E-state index in [1.165, 1.54) is 18.4 Å². The van der Waals surface area contributed by atoms with E-state index in [0.717, 1.165) is 49.7 Å². The van der Waals surface area contributed by atoms with E-state index in [4.69, 9.17) is 0 Å². The van der Waals surface area contributed by atoms with Crippen LogP contribution in [0.1, 0.15) is 50.8 Å². The smallest absolute Gasteiger partial charge is 0.247 e. The molecule has 2 aliphatic heterocycles. The highest BCUT2D eigenvalue weighted by atomic mass is 16.1. The molecule has 0 spiro atoms. The van der Waals surface area contributed by atoms with Crippen LogP contribution in [-0.4, -0.2) is 33.8 Å². The van der Waals surface area contributed by atoms with Crippen LogP contribution >= 0.6 is 0 Å². The normalized spacial score (nSPS) is 19.2. The number of hydrogen-bond acceptors (Lipinski definition) is 4. The van der Waals surface area contributed by atoms with Gasteiger partial charge in [0.15, 0.2) is 5.82 Å². The molecule has 1 aromatic heterocycles. The lowest BCUT2D eigenvalue weighted by molar-refractivity contribution is -0.118. The summed E-state index contributed by atoms with van der Waals surface area (Å²) in [6.07, 6.45) is 4.56. The molecule has 6 heteroatoms. The van der Waals surface area contributed by atoms with Gasteiger partial charge in [-0.1, -0.05) is 6.42 Å². The molecule has 0 bridgehead atoms. The van der Waals surface area contributed by atoms with Crippen LogP contribution in [0.2, 0.25) is 0 Å². The first-order valence-corrected chi connectivity index (χ1v) is 7.79. The van der Waals surface area contributed by atoms with Crippen molar-refractivity contribution in [2.24, 2.45) is 0 Å². The zero-order chi connectivity index (χ0) is 14.8. The van der Waals surface area contributed by atoms with Crippen LogP contribution in [0.3, 0.4) is 0 Å². The number of nitrogens with zero attached hydrogens (tertiary/aromatic N) is 3. The first kappa shape index (κ1) is 14.3. The van der Waals surface area contributed by atoms with Crippen molar-refractivity contribution in [2.45, 2.75) is 52.1 Å². The van der Waals surface area contributed by atoms with E-state index in [-0.39, 0.29) is 11.9 Å². The van der Waals surface area contributed by atoms with Crippen molar-refractivity contribution < 1.29 is 4.79 Å². The van der Waals surface area contributed by atoms with Crippen LogP contribution in [0.5, 0.6) is 0 Å². The van der Waals surface area contributed by atoms with E-state index >= 15 is 0 Å². The number of carbonyl (C=O) groups excluding carboxylic acids is 1. The zero-order valence-electron chi connectivity index (χ0n) is 12.8. The average molecular weight is 289 g/mol. The molecule has 1 unspecified atom stereocenters. The second-order valence-corrected chi connectivity index (χ2v) is 5.96. The van der Waals surface area contributed by atoms with Gasteiger partial charge in [0.25, 0.3) is 0 Å². The second-order valence-electron chi connectivity index (χ2n) is 5.96. The molecule has 0 saturated carbocycles. The molecule has 1 saturated heterocycles. The van der Waals surface area contributed by atoms with Gasteiger partial charge in [-0.3, -0.25) is 4.79 Å². The molecule has 3 rings (SSSR count). The van der Waals surface area contributed by atoms with Gasteiger partial charge in [-0.25, -0.2) is 0 Å². The molecule has 1 amide bonds. The van der Waals surface area contributed by atoms with E-state index in [9.17, 15) is 4.79 Å². The van der Waals surface area contributed by atoms with Crippen LogP contribution in [-0.2, 0) is 17.8 Å². The molecular formula is C15H23N5O. The Bertz CT molecular complexity index is 569. The van der Waals surface area contributed by atoms with Gasteiger partial charge in [-0.05, 0) is 32.3 Å². The maximum atomic E-state index is 12.3. The van der Waals surface area contributed by atoms with Crippen molar-refractivity contribution in [3.05, 3.63) is 22.8 Å². The van der Waals surface area contributed by atoms with E-state index in [1.54, 1.807) is 0 Å². The van der Waals surface area contributed by atoms with Crippen LogP contribution in [0.4, 0.5) is 0 Å². The Balaban J connectivity index is 1.72. The maximum absolute atomic E-state index is 12.3. The van der Waals surface area contributed by atoms with Crippen LogP contribution in [0, 0.1) is 0 Å². The lowest BCUT2D eigenvalue weighted by Crippen LogP contribution is -2.38. The van der Waals surface area contributed by atoms with E-state index < -0.39 is 0 Å². The van der Waals surface area contributed by atoms with Gasteiger partial charge in [-0.15, -0.1) is 10.2 Å². The highest BCUT2D eigenvalue weighted by Gasteiger charge is 2.22. The molecule has 2 aliphatic rings. The maximum Gasteiger partial charge on any atom is 0.247 e. The Morgan fingerprint density at radius 3 is 2.81 bits per heavy atom. The van der Waals surface area contributed by atoms with Crippen molar-refractivity contribution in [1.82, 2.24) is 25.4 Å². The van der Waals surface area contributed by atoms with Gasteiger partial charge in [0.2, 0.25) is 5.91 Å². The highest BCUT2D eigenvalue weighted by molar-refractivity contribution is 5.94. The summed E-state index contributed by atoms with van der Waals surface area (Å²) >= 11 is 0. The van der Waals surface area contributed by atoms with Crippen LogP contribution in [0.15, 0.2) is 11.1 Å². The fourth-order valence-electron chi connectivity index (χ4n) is 2.87. The topological polar surface area (TPSA) is 71.8 Å². The average Bonchev–Trinajstić information content (AvgIpc) is 2.66. The summed E-state index contributed by atoms with van der Waals surface area (Å²) in [6, 6.07) is -0.111. The van der Waals surface area contributed by atoms with Gasteiger partial charge < -0.3 is 15.2 Å². The molecule has 21 heavy (non-hydrogen) atoms. The molecule has 1 fully saturated rings. The number of nitrogens with one attached hydrogen (secondary N) is 2. The molecule has 0 aromatic carbocycles. The van der Waals surface area contributed by atoms with Gasteiger partial charge in [0, 0.05) is 31.6 Å². The molecule has 1 atom stereocenters. The molecule has 0 radical (unpaired) electrons. The minimum Gasteiger partial charge on any atom is -0.343 e.